The molecular formula is C22H26N4O4S2. The lowest BCUT2D eigenvalue weighted by Gasteiger charge is -2.08. The normalized spacial score (nSPS) is 10.8. The molecule has 0 aliphatic heterocycles. The molecule has 8 nitrogen and oxygen atoms in total. The van der Waals surface area contributed by atoms with Crippen molar-refractivity contribution in [3.05, 3.63) is 40.3 Å². The number of esters is 1. The highest BCUT2D eigenvalue weighted by molar-refractivity contribution is 7.99. The zero-order valence-electron chi connectivity index (χ0n) is 18.7. The van der Waals surface area contributed by atoms with Gasteiger partial charge in [0, 0.05) is 17.5 Å². The van der Waals surface area contributed by atoms with E-state index in [0.717, 1.165) is 21.8 Å². The molecule has 3 rings (SSSR count). The average molecular weight is 475 g/mol. The lowest BCUT2D eigenvalue weighted by molar-refractivity contribution is -0.113. The maximum Gasteiger partial charge on any atom is 0.341 e. The van der Waals surface area contributed by atoms with Crippen molar-refractivity contribution < 1.29 is 19.1 Å². The smallest absolute Gasteiger partial charge is 0.341 e. The van der Waals surface area contributed by atoms with Crippen LogP contribution in [0.2, 0.25) is 0 Å². The van der Waals surface area contributed by atoms with Crippen molar-refractivity contribution in [3.63, 3.8) is 0 Å². The Morgan fingerprint density at radius 1 is 1.25 bits per heavy atom. The zero-order chi connectivity index (χ0) is 23.3. The van der Waals surface area contributed by atoms with Gasteiger partial charge in [0.1, 0.15) is 10.8 Å². The Balaban J connectivity index is 1.71. The summed E-state index contributed by atoms with van der Waals surface area (Å²) in [5.74, 6) is 0.903. The number of rotatable bonds is 9. The first kappa shape index (κ1) is 23.8. The first-order chi connectivity index (χ1) is 15.4. The number of thioether (sulfide) groups is 1. The Morgan fingerprint density at radius 3 is 2.72 bits per heavy atom. The summed E-state index contributed by atoms with van der Waals surface area (Å²) < 4.78 is 12.3. The molecule has 2 heterocycles. The molecule has 0 saturated heterocycles. The molecule has 0 spiro atoms. The first-order valence-electron chi connectivity index (χ1n) is 10.1. The summed E-state index contributed by atoms with van der Waals surface area (Å²) in [6.45, 7) is 5.96. The highest BCUT2D eigenvalue weighted by atomic mass is 32.2. The van der Waals surface area contributed by atoms with Crippen molar-refractivity contribution >= 4 is 40.0 Å². The van der Waals surface area contributed by atoms with E-state index in [4.69, 9.17) is 9.47 Å². The standard InChI is InChI=1S/C22H26N4O4S2/c1-6-16-13(3)32-20(18(16)21(28)30-7-2)23-17(27)12-31-22-25-24-19(26(22)4)14-9-8-10-15(11-14)29-5/h8-11H,6-7,12H2,1-5H3,(H,23,27). The first-order valence-corrected chi connectivity index (χ1v) is 12.0. The number of amides is 1. The third kappa shape index (κ3) is 5.13. The molecule has 0 aliphatic rings. The second-order valence-electron chi connectivity index (χ2n) is 6.85. The summed E-state index contributed by atoms with van der Waals surface area (Å²) in [4.78, 5) is 26.1. The topological polar surface area (TPSA) is 95.3 Å². The SMILES string of the molecule is CCOC(=O)c1c(NC(=O)CSc2nnc(-c3cccc(OC)c3)n2C)sc(C)c1CC. The molecule has 1 N–H and O–H groups in total. The van der Waals surface area contributed by atoms with Crippen molar-refractivity contribution in [2.24, 2.45) is 7.05 Å². The Hall–Kier alpha value is -2.85. The van der Waals surface area contributed by atoms with Crippen LogP contribution in [0.4, 0.5) is 5.00 Å². The number of methoxy groups -OCH3 is 1. The van der Waals surface area contributed by atoms with E-state index in [9.17, 15) is 9.59 Å². The molecule has 0 fully saturated rings. The second-order valence-corrected chi connectivity index (χ2v) is 9.02. The van der Waals surface area contributed by atoms with Gasteiger partial charge in [-0.15, -0.1) is 21.5 Å². The lowest BCUT2D eigenvalue weighted by atomic mass is 10.1. The van der Waals surface area contributed by atoms with Crippen LogP contribution in [-0.2, 0) is 23.0 Å². The van der Waals surface area contributed by atoms with Gasteiger partial charge in [0.2, 0.25) is 5.91 Å². The molecule has 170 valence electrons. The number of nitrogens with zero attached hydrogens (tertiary/aromatic N) is 3. The number of thiophene rings is 1. The monoisotopic (exact) mass is 474 g/mol. The molecule has 0 aliphatic carbocycles. The molecule has 32 heavy (non-hydrogen) atoms. The molecule has 1 amide bonds. The summed E-state index contributed by atoms with van der Waals surface area (Å²) in [5.41, 5.74) is 2.23. The van der Waals surface area contributed by atoms with Gasteiger partial charge in [-0.05, 0) is 38.0 Å². The van der Waals surface area contributed by atoms with E-state index < -0.39 is 5.97 Å². The minimum atomic E-state index is -0.409. The van der Waals surface area contributed by atoms with Gasteiger partial charge in [0.05, 0.1) is 25.0 Å². The number of hydrogen-bond acceptors (Lipinski definition) is 8. The van der Waals surface area contributed by atoms with Crippen LogP contribution in [0.15, 0.2) is 29.4 Å². The van der Waals surface area contributed by atoms with E-state index >= 15 is 0 Å². The molecular weight excluding hydrogens is 448 g/mol. The molecule has 3 aromatic rings. The third-order valence-electron chi connectivity index (χ3n) is 4.79. The number of carbonyl (C=O) groups is 2. The van der Waals surface area contributed by atoms with E-state index in [1.807, 2.05) is 49.7 Å². The summed E-state index contributed by atoms with van der Waals surface area (Å²) >= 11 is 2.67. The second kappa shape index (κ2) is 10.6. The van der Waals surface area contributed by atoms with Gasteiger partial charge in [-0.3, -0.25) is 4.79 Å². The number of carbonyl (C=O) groups excluding carboxylic acids is 2. The van der Waals surface area contributed by atoms with Crippen molar-refractivity contribution in [1.29, 1.82) is 0 Å². The third-order valence-corrected chi connectivity index (χ3v) is 6.87. The molecule has 1 aromatic carbocycles. The van der Waals surface area contributed by atoms with Crippen molar-refractivity contribution in [2.45, 2.75) is 32.3 Å². The van der Waals surface area contributed by atoms with Crippen LogP contribution in [-0.4, -0.2) is 46.1 Å². The summed E-state index contributed by atoms with van der Waals surface area (Å²) in [7, 11) is 3.46. The molecule has 0 unspecified atom stereocenters. The van der Waals surface area contributed by atoms with E-state index in [0.29, 0.717) is 28.0 Å². The fourth-order valence-corrected chi connectivity index (χ4v) is 5.12. The van der Waals surface area contributed by atoms with Gasteiger partial charge in [0.25, 0.3) is 0 Å². The molecule has 10 heteroatoms. The number of anilines is 1. The largest absolute Gasteiger partial charge is 0.497 e. The highest BCUT2D eigenvalue weighted by Crippen LogP contribution is 2.34. The molecule has 0 atom stereocenters. The van der Waals surface area contributed by atoms with Crippen molar-refractivity contribution in [2.75, 3.05) is 24.8 Å². The Labute approximate surface area is 195 Å². The van der Waals surface area contributed by atoms with Gasteiger partial charge < -0.3 is 19.4 Å². The fourth-order valence-electron chi connectivity index (χ4n) is 3.26. The lowest BCUT2D eigenvalue weighted by Crippen LogP contribution is -2.17. The Bertz CT molecular complexity index is 1120. The van der Waals surface area contributed by atoms with Crippen LogP contribution < -0.4 is 10.1 Å². The van der Waals surface area contributed by atoms with Crippen LogP contribution in [0.5, 0.6) is 5.75 Å². The number of aryl methyl sites for hydroxylation is 1. The van der Waals surface area contributed by atoms with Crippen LogP contribution in [0, 0.1) is 6.92 Å². The molecule has 0 saturated carbocycles. The minimum Gasteiger partial charge on any atom is -0.497 e. The van der Waals surface area contributed by atoms with E-state index in [2.05, 4.69) is 15.5 Å². The van der Waals surface area contributed by atoms with E-state index in [-0.39, 0.29) is 18.3 Å². The summed E-state index contributed by atoms with van der Waals surface area (Å²) in [6, 6.07) is 7.56. The summed E-state index contributed by atoms with van der Waals surface area (Å²) in [6.07, 6.45) is 0.688. The van der Waals surface area contributed by atoms with Gasteiger partial charge >= 0.3 is 5.97 Å². The summed E-state index contributed by atoms with van der Waals surface area (Å²) in [5, 5.41) is 12.5. The Morgan fingerprint density at radius 2 is 2.03 bits per heavy atom. The van der Waals surface area contributed by atoms with Gasteiger partial charge in [-0.25, -0.2) is 4.79 Å². The molecule has 2 aromatic heterocycles. The number of aromatic nitrogens is 3. The number of benzene rings is 1. The average Bonchev–Trinajstić information content (AvgIpc) is 3.31. The van der Waals surface area contributed by atoms with Gasteiger partial charge in [0.15, 0.2) is 11.0 Å². The van der Waals surface area contributed by atoms with Crippen molar-refractivity contribution in [1.82, 2.24) is 14.8 Å². The van der Waals surface area contributed by atoms with Crippen LogP contribution in [0.1, 0.15) is 34.6 Å². The van der Waals surface area contributed by atoms with Gasteiger partial charge in [-0.1, -0.05) is 30.8 Å². The van der Waals surface area contributed by atoms with E-state index in [1.54, 1.807) is 14.0 Å². The zero-order valence-corrected chi connectivity index (χ0v) is 20.4. The quantitative estimate of drug-likeness (QED) is 0.364. The van der Waals surface area contributed by atoms with Crippen LogP contribution >= 0.6 is 23.1 Å². The van der Waals surface area contributed by atoms with Crippen LogP contribution in [0.3, 0.4) is 0 Å². The highest BCUT2D eigenvalue weighted by Gasteiger charge is 2.23. The Kier molecular flexibility index (Phi) is 7.92. The predicted octanol–water partition coefficient (Wildman–Crippen LogP) is 4.33. The number of nitrogens with one attached hydrogen (secondary N) is 1. The minimum absolute atomic E-state index is 0.130. The molecule has 0 radical (unpaired) electrons. The van der Waals surface area contributed by atoms with Gasteiger partial charge in [-0.2, -0.15) is 0 Å². The van der Waals surface area contributed by atoms with Crippen molar-refractivity contribution in [3.8, 4) is 17.1 Å². The number of hydrogen-bond donors (Lipinski definition) is 1. The van der Waals surface area contributed by atoms with E-state index in [1.165, 1.54) is 23.1 Å². The molecule has 0 bridgehead atoms. The maximum atomic E-state index is 12.6. The predicted molar refractivity (Wildman–Crippen MR) is 127 cm³/mol. The van der Waals surface area contributed by atoms with Crippen LogP contribution in [0.25, 0.3) is 11.4 Å². The fraction of sp³-hybridized carbons (Fsp3) is 0.364. The maximum absolute atomic E-state index is 12.6. The number of ether oxygens (including phenoxy) is 2.